The van der Waals surface area contributed by atoms with Gasteiger partial charge in [0.2, 0.25) is 5.06 Å². The minimum atomic E-state index is -0.0355. The summed E-state index contributed by atoms with van der Waals surface area (Å²) in [7, 11) is 0. The van der Waals surface area contributed by atoms with Crippen LogP contribution in [-0.4, -0.2) is 41.0 Å². The minimum absolute atomic E-state index is 0.0355. The van der Waals surface area contributed by atoms with Crippen LogP contribution in [0, 0.1) is 17.2 Å². The fourth-order valence-corrected chi connectivity index (χ4v) is 4.51. The van der Waals surface area contributed by atoms with Gasteiger partial charge >= 0.3 is 0 Å². The van der Waals surface area contributed by atoms with Crippen molar-refractivity contribution in [3.05, 3.63) is 41.0 Å². The molecule has 2 atom stereocenters. The standard InChI is InChI=1S/C19H20N4O2S/c1-12-18(13-6-8-23(12)9-7-13)22-19(24)14-2-4-15(5-3-14)25-17-11-21-16(10-20)26-17/h2-5,11-13,18H,6-9H2,1H3,(H,22,24). The first-order chi connectivity index (χ1) is 12.6. The first-order valence-electron chi connectivity index (χ1n) is 8.83. The van der Waals surface area contributed by atoms with Crippen LogP contribution in [0.5, 0.6) is 10.8 Å². The smallest absolute Gasteiger partial charge is 0.251 e. The zero-order valence-electron chi connectivity index (χ0n) is 14.5. The molecule has 3 aliphatic heterocycles. The number of carbonyl (C=O) groups excluding carboxylic acids is 1. The molecule has 2 bridgehead atoms. The van der Waals surface area contributed by atoms with E-state index in [1.165, 1.54) is 30.4 Å². The summed E-state index contributed by atoms with van der Waals surface area (Å²) in [5.41, 5.74) is 0.628. The van der Waals surface area contributed by atoms with E-state index in [1.807, 2.05) is 6.07 Å². The van der Waals surface area contributed by atoms with Gasteiger partial charge in [-0.3, -0.25) is 9.69 Å². The highest BCUT2D eigenvalue weighted by molar-refractivity contribution is 7.13. The largest absolute Gasteiger partial charge is 0.445 e. The second-order valence-electron chi connectivity index (χ2n) is 6.84. The maximum absolute atomic E-state index is 12.6. The van der Waals surface area contributed by atoms with Gasteiger partial charge in [0.25, 0.3) is 5.91 Å². The summed E-state index contributed by atoms with van der Waals surface area (Å²) in [6, 6.07) is 9.67. The molecule has 2 unspecified atom stereocenters. The number of rotatable bonds is 4. The summed E-state index contributed by atoms with van der Waals surface area (Å²) in [6.45, 7) is 4.50. The average Bonchev–Trinajstić information content (AvgIpc) is 3.13. The molecule has 4 heterocycles. The third kappa shape index (κ3) is 3.30. The minimum Gasteiger partial charge on any atom is -0.445 e. The van der Waals surface area contributed by atoms with Crippen molar-refractivity contribution in [2.75, 3.05) is 13.1 Å². The Bertz CT molecular complexity index is 832. The molecule has 1 N–H and O–H groups in total. The summed E-state index contributed by atoms with van der Waals surface area (Å²) in [6.07, 6.45) is 3.86. The van der Waals surface area contributed by atoms with E-state index in [2.05, 4.69) is 22.1 Å². The summed E-state index contributed by atoms with van der Waals surface area (Å²) < 4.78 is 5.67. The molecule has 26 heavy (non-hydrogen) atoms. The second kappa shape index (κ2) is 7.06. The molecule has 134 valence electrons. The number of carbonyl (C=O) groups is 1. The fourth-order valence-electron chi connectivity index (χ4n) is 3.93. The number of nitriles is 1. The molecular formula is C19H20N4O2S. The van der Waals surface area contributed by atoms with Gasteiger partial charge in [0, 0.05) is 17.6 Å². The van der Waals surface area contributed by atoms with Crippen molar-refractivity contribution in [1.29, 1.82) is 5.26 Å². The Morgan fingerprint density at radius 3 is 2.69 bits per heavy atom. The van der Waals surface area contributed by atoms with Gasteiger partial charge in [-0.1, -0.05) is 11.3 Å². The van der Waals surface area contributed by atoms with Gasteiger partial charge in [0.05, 0.1) is 6.20 Å². The molecule has 1 aromatic carbocycles. The van der Waals surface area contributed by atoms with Crippen molar-refractivity contribution in [1.82, 2.24) is 15.2 Å². The summed E-state index contributed by atoms with van der Waals surface area (Å²) in [5.74, 6) is 1.17. The molecule has 0 aliphatic carbocycles. The molecule has 0 spiro atoms. The lowest BCUT2D eigenvalue weighted by atomic mass is 9.79. The average molecular weight is 368 g/mol. The lowest BCUT2D eigenvalue weighted by Crippen LogP contribution is -2.62. The molecule has 5 rings (SSSR count). The Balaban J connectivity index is 1.40. The van der Waals surface area contributed by atoms with E-state index in [0.717, 1.165) is 13.1 Å². The number of hydrogen-bond donors (Lipinski definition) is 1. The summed E-state index contributed by atoms with van der Waals surface area (Å²) >= 11 is 1.19. The van der Waals surface area contributed by atoms with Crippen LogP contribution in [0.4, 0.5) is 0 Å². The predicted octanol–water partition coefficient (Wildman–Crippen LogP) is 3.02. The summed E-state index contributed by atoms with van der Waals surface area (Å²) in [4.78, 5) is 19.0. The number of benzene rings is 1. The van der Waals surface area contributed by atoms with Crippen LogP contribution in [-0.2, 0) is 0 Å². The van der Waals surface area contributed by atoms with E-state index in [1.54, 1.807) is 24.3 Å². The maximum atomic E-state index is 12.6. The van der Waals surface area contributed by atoms with E-state index in [0.29, 0.717) is 33.3 Å². The normalized spacial score (nSPS) is 26.9. The van der Waals surface area contributed by atoms with E-state index in [-0.39, 0.29) is 11.9 Å². The van der Waals surface area contributed by atoms with Crippen LogP contribution < -0.4 is 10.1 Å². The second-order valence-corrected chi connectivity index (χ2v) is 7.83. The third-order valence-electron chi connectivity index (χ3n) is 5.39. The SMILES string of the molecule is CC1C(NC(=O)c2ccc(Oc3cnc(C#N)s3)cc2)C2CCN1CC2. The van der Waals surface area contributed by atoms with E-state index >= 15 is 0 Å². The van der Waals surface area contributed by atoms with Crippen molar-refractivity contribution >= 4 is 17.2 Å². The van der Waals surface area contributed by atoms with Crippen LogP contribution in [0.1, 0.15) is 35.1 Å². The lowest BCUT2D eigenvalue weighted by molar-refractivity contribution is 0.0217. The van der Waals surface area contributed by atoms with Gasteiger partial charge in [0.15, 0.2) is 5.01 Å². The molecule has 3 saturated heterocycles. The van der Waals surface area contributed by atoms with E-state index in [4.69, 9.17) is 10.00 Å². The van der Waals surface area contributed by atoms with Gasteiger partial charge in [0.1, 0.15) is 11.8 Å². The molecule has 0 radical (unpaired) electrons. The number of piperidine rings is 3. The Hall–Kier alpha value is -2.43. The molecule has 0 saturated carbocycles. The van der Waals surface area contributed by atoms with Crippen LogP contribution in [0.25, 0.3) is 0 Å². The van der Waals surface area contributed by atoms with Crippen molar-refractivity contribution in [3.63, 3.8) is 0 Å². The van der Waals surface area contributed by atoms with E-state index in [9.17, 15) is 4.79 Å². The van der Waals surface area contributed by atoms with Crippen LogP contribution >= 0.6 is 11.3 Å². The van der Waals surface area contributed by atoms with Crippen LogP contribution in [0.2, 0.25) is 0 Å². The zero-order valence-corrected chi connectivity index (χ0v) is 15.3. The number of hydrogen-bond acceptors (Lipinski definition) is 6. The number of nitrogens with zero attached hydrogens (tertiary/aromatic N) is 3. The molecular weight excluding hydrogens is 348 g/mol. The molecule has 1 amide bonds. The maximum Gasteiger partial charge on any atom is 0.251 e. The molecule has 1 aromatic heterocycles. The number of ether oxygens (including phenoxy) is 1. The number of nitrogens with one attached hydrogen (secondary N) is 1. The first kappa shape index (κ1) is 17.0. The van der Waals surface area contributed by atoms with E-state index < -0.39 is 0 Å². The Morgan fingerprint density at radius 2 is 2.08 bits per heavy atom. The third-order valence-corrected chi connectivity index (χ3v) is 6.17. The molecule has 3 aliphatic rings. The van der Waals surface area contributed by atoms with Gasteiger partial charge < -0.3 is 10.1 Å². The Morgan fingerprint density at radius 1 is 1.35 bits per heavy atom. The zero-order chi connectivity index (χ0) is 18.1. The molecule has 6 nitrogen and oxygen atoms in total. The number of amides is 1. The molecule has 2 aromatic rings. The number of aromatic nitrogens is 1. The summed E-state index contributed by atoms with van der Waals surface area (Å²) in [5, 5.41) is 13.0. The Kier molecular flexibility index (Phi) is 4.62. The topological polar surface area (TPSA) is 78.2 Å². The van der Waals surface area contributed by atoms with Crippen molar-refractivity contribution in [2.45, 2.75) is 31.8 Å². The first-order valence-corrected chi connectivity index (χ1v) is 9.64. The lowest BCUT2D eigenvalue weighted by Gasteiger charge is -2.49. The predicted molar refractivity (Wildman–Crippen MR) is 98.4 cm³/mol. The number of thiazole rings is 1. The Labute approximate surface area is 156 Å². The van der Waals surface area contributed by atoms with Gasteiger partial charge in [-0.15, -0.1) is 0 Å². The highest BCUT2D eigenvalue weighted by Crippen LogP contribution is 2.32. The van der Waals surface area contributed by atoms with Gasteiger partial charge in [-0.2, -0.15) is 5.26 Å². The highest BCUT2D eigenvalue weighted by Gasteiger charge is 2.40. The van der Waals surface area contributed by atoms with Crippen molar-refractivity contribution < 1.29 is 9.53 Å². The van der Waals surface area contributed by atoms with Gasteiger partial charge in [-0.05, 0) is 63.0 Å². The monoisotopic (exact) mass is 368 g/mol. The van der Waals surface area contributed by atoms with Crippen LogP contribution in [0.15, 0.2) is 30.5 Å². The van der Waals surface area contributed by atoms with Gasteiger partial charge in [-0.25, -0.2) is 4.98 Å². The van der Waals surface area contributed by atoms with Crippen molar-refractivity contribution in [3.8, 4) is 16.9 Å². The fraction of sp³-hybridized carbons (Fsp3) is 0.421. The molecule has 3 fully saturated rings. The highest BCUT2D eigenvalue weighted by atomic mass is 32.1. The number of fused-ring (bicyclic) bond motifs is 3. The van der Waals surface area contributed by atoms with Crippen LogP contribution in [0.3, 0.4) is 0 Å². The van der Waals surface area contributed by atoms with Crippen molar-refractivity contribution in [2.24, 2.45) is 5.92 Å². The molecule has 7 heteroatoms. The quantitative estimate of drug-likeness (QED) is 0.897.